The number of carbonyl (C=O) groups excluding carboxylic acids is 1. The minimum absolute atomic E-state index is 0.0224. The molecule has 1 fully saturated rings. The molecule has 1 heterocycles. The van der Waals surface area contributed by atoms with Gasteiger partial charge < -0.3 is 10.2 Å². The molecule has 0 spiro atoms. The van der Waals surface area contributed by atoms with Crippen LogP contribution in [0.5, 0.6) is 0 Å². The van der Waals surface area contributed by atoms with Gasteiger partial charge in [-0.15, -0.1) is 0 Å². The van der Waals surface area contributed by atoms with Gasteiger partial charge in [0.05, 0.1) is 11.0 Å². The van der Waals surface area contributed by atoms with Gasteiger partial charge in [0.2, 0.25) is 5.91 Å². The number of piperazine rings is 1. The normalized spacial score (nSPS) is 21.6. The number of amides is 1. The summed E-state index contributed by atoms with van der Waals surface area (Å²) in [5, 5.41) is 2.82. The fourth-order valence-corrected chi connectivity index (χ4v) is 3.00. The summed E-state index contributed by atoms with van der Waals surface area (Å²) in [7, 11) is 0.390. The molecule has 0 radical (unpaired) electrons. The number of carbonyl (C=O) groups is 1. The van der Waals surface area contributed by atoms with Crippen LogP contribution in [0.3, 0.4) is 0 Å². The van der Waals surface area contributed by atoms with Gasteiger partial charge in [-0.1, -0.05) is 0 Å². The Bertz CT molecular complexity index is 406. The summed E-state index contributed by atoms with van der Waals surface area (Å²) in [5.74, 6) is 0.135. The Morgan fingerprint density at radius 2 is 2.05 bits per heavy atom. The van der Waals surface area contributed by atoms with E-state index in [2.05, 4.69) is 5.32 Å². The van der Waals surface area contributed by atoms with Gasteiger partial charge >= 0.3 is 0 Å². The lowest BCUT2D eigenvalue weighted by Gasteiger charge is -2.36. The Labute approximate surface area is 116 Å². The summed E-state index contributed by atoms with van der Waals surface area (Å²) in [5.41, 5.74) is 0. The van der Waals surface area contributed by atoms with E-state index in [1.807, 2.05) is 4.90 Å². The fraction of sp³-hybridized carbons (Fsp3) is 0.917. The molecular formula is C12H25N3O3S. The highest BCUT2D eigenvalue weighted by atomic mass is 32.2. The van der Waals surface area contributed by atoms with E-state index in [4.69, 9.17) is 0 Å². The van der Waals surface area contributed by atoms with Gasteiger partial charge in [-0.3, -0.25) is 9.69 Å². The molecule has 1 N–H and O–H groups in total. The van der Waals surface area contributed by atoms with E-state index in [-0.39, 0.29) is 23.0 Å². The summed E-state index contributed by atoms with van der Waals surface area (Å²) in [4.78, 5) is 15.6. The second-order valence-corrected chi connectivity index (χ2v) is 8.08. The monoisotopic (exact) mass is 291 g/mol. The van der Waals surface area contributed by atoms with Gasteiger partial charge in [0.1, 0.15) is 6.04 Å². The van der Waals surface area contributed by atoms with Crippen LogP contribution in [-0.4, -0.2) is 81.4 Å². The number of likely N-dealkylation sites (N-methyl/N-ethyl adjacent to an activating group) is 1. The fourth-order valence-electron chi connectivity index (χ4n) is 2.04. The van der Waals surface area contributed by atoms with Crippen LogP contribution in [0.1, 0.15) is 13.8 Å². The molecule has 19 heavy (non-hydrogen) atoms. The molecule has 0 saturated carbocycles. The predicted molar refractivity (Wildman–Crippen MR) is 75.8 cm³/mol. The largest absolute Gasteiger partial charge is 0.347 e. The van der Waals surface area contributed by atoms with Crippen molar-refractivity contribution < 1.29 is 13.2 Å². The van der Waals surface area contributed by atoms with E-state index in [1.54, 1.807) is 32.8 Å². The van der Waals surface area contributed by atoms with E-state index in [0.29, 0.717) is 19.6 Å². The number of nitrogens with zero attached hydrogens (tertiary/aromatic N) is 2. The number of hydrogen-bond acceptors (Lipinski definition) is 5. The zero-order valence-electron chi connectivity index (χ0n) is 12.2. The van der Waals surface area contributed by atoms with Crippen molar-refractivity contribution in [3.8, 4) is 0 Å². The van der Waals surface area contributed by atoms with E-state index in [0.717, 1.165) is 6.54 Å². The van der Waals surface area contributed by atoms with Crippen molar-refractivity contribution in [2.75, 3.05) is 46.0 Å². The average Bonchev–Trinajstić information content (AvgIpc) is 2.35. The van der Waals surface area contributed by atoms with Gasteiger partial charge in [0, 0.05) is 40.3 Å². The molecule has 1 atom stereocenters. The van der Waals surface area contributed by atoms with Crippen molar-refractivity contribution in [1.82, 2.24) is 15.1 Å². The van der Waals surface area contributed by atoms with E-state index < -0.39 is 9.84 Å². The third-order valence-corrected chi connectivity index (χ3v) is 5.65. The van der Waals surface area contributed by atoms with Crippen molar-refractivity contribution in [1.29, 1.82) is 0 Å². The Morgan fingerprint density at radius 1 is 1.42 bits per heavy atom. The predicted octanol–water partition coefficient (Wildman–Crippen LogP) is -0.828. The molecule has 1 rings (SSSR count). The third-order valence-electron chi connectivity index (χ3n) is 3.46. The van der Waals surface area contributed by atoms with Crippen LogP contribution in [-0.2, 0) is 14.6 Å². The lowest BCUT2D eigenvalue weighted by molar-refractivity contribution is -0.134. The number of rotatable bonds is 5. The maximum atomic E-state index is 12.1. The maximum absolute atomic E-state index is 12.1. The number of hydrogen-bond donors (Lipinski definition) is 1. The van der Waals surface area contributed by atoms with Crippen molar-refractivity contribution >= 4 is 15.7 Å². The van der Waals surface area contributed by atoms with Crippen LogP contribution < -0.4 is 5.32 Å². The SMILES string of the molecule is CC(C)S(=O)(=O)CCN1CCNCC1C(=O)N(C)C. The van der Waals surface area contributed by atoms with E-state index >= 15 is 0 Å². The Hall–Kier alpha value is -0.660. The minimum Gasteiger partial charge on any atom is -0.347 e. The lowest BCUT2D eigenvalue weighted by atomic mass is 10.1. The molecule has 0 aromatic carbocycles. The van der Waals surface area contributed by atoms with E-state index in [1.165, 1.54) is 0 Å². The second-order valence-electron chi connectivity index (χ2n) is 5.40. The van der Waals surface area contributed by atoms with Crippen molar-refractivity contribution in [3.05, 3.63) is 0 Å². The van der Waals surface area contributed by atoms with Crippen LogP contribution in [0.4, 0.5) is 0 Å². The molecule has 1 amide bonds. The Balaban J connectivity index is 2.66. The summed E-state index contributed by atoms with van der Waals surface area (Å²) in [6.45, 7) is 5.88. The molecule has 0 bridgehead atoms. The molecule has 1 unspecified atom stereocenters. The first-order valence-electron chi connectivity index (χ1n) is 6.63. The van der Waals surface area contributed by atoms with Gasteiger partial charge in [-0.25, -0.2) is 8.42 Å². The first-order chi connectivity index (χ1) is 8.75. The van der Waals surface area contributed by atoms with Gasteiger partial charge in [-0.05, 0) is 13.8 Å². The Morgan fingerprint density at radius 3 is 2.58 bits per heavy atom. The van der Waals surface area contributed by atoms with Crippen molar-refractivity contribution in [3.63, 3.8) is 0 Å². The molecule has 1 saturated heterocycles. The summed E-state index contributed by atoms with van der Waals surface area (Å²) in [6.07, 6.45) is 0. The van der Waals surface area contributed by atoms with Crippen LogP contribution in [0.25, 0.3) is 0 Å². The summed E-state index contributed by atoms with van der Waals surface area (Å²) < 4.78 is 23.7. The smallest absolute Gasteiger partial charge is 0.240 e. The first-order valence-corrected chi connectivity index (χ1v) is 8.34. The maximum Gasteiger partial charge on any atom is 0.240 e. The van der Waals surface area contributed by atoms with Gasteiger partial charge in [-0.2, -0.15) is 0 Å². The zero-order chi connectivity index (χ0) is 14.6. The highest BCUT2D eigenvalue weighted by molar-refractivity contribution is 7.92. The molecule has 7 heteroatoms. The molecule has 1 aliphatic rings. The molecule has 1 aliphatic heterocycles. The highest BCUT2D eigenvalue weighted by Crippen LogP contribution is 2.08. The third kappa shape index (κ3) is 4.43. The van der Waals surface area contributed by atoms with Gasteiger partial charge in [0.25, 0.3) is 0 Å². The second kappa shape index (κ2) is 6.67. The first kappa shape index (κ1) is 16.4. The van der Waals surface area contributed by atoms with Crippen molar-refractivity contribution in [2.24, 2.45) is 0 Å². The van der Waals surface area contributed by atoms with Crippen LogP contribution >= 0.6 is 0 Å². The van der Waals surface area contributed by atoms with Gasteiger partial charge in [0.15, 0.2) is 9.84 Å². The average molecular weight is 291 g/mol. The summed E-state index contributed by atoms with van der Waals surface area (Å²) in [6, 6.07) is -0.258. The molecule has 0 aromatic rings. The zero-order valence-corrected chi connectivity index (χ0v) is 13.0. The molecular weight excluding hydrogens is 266 g/mol. The number of nitrogens with one attached hydrogen (secondary N) is 1. The quantitative estimate of drug-likeness (QED) is 0.716. The topological polar surface area (TPSA) is 69.7 Å². The van der Waals surface area contributed by atoms with Crippen LogP contribution in [0, 0.1) is 0 Å². The standard InChI is InChI=1S/C12H25N3O3S/c1-10(2)19(17,18)8-7-15-6-5-13-9-11(15)12(16)14(3)4/h10-11,13H,5-9H2,1-4H3. The Kier molecular flexibility index (Phi) is 5.76. The molecule has 0 aromatic heterocycles. The highest BCUT2D eigenvalue weighted by Gasteiger charge is 2.30. The van der Waals surface area contributed by atoms with Crippen LogP contribution in [0.15, 0.2) is 0 Å². The number of sulfone groups is 1. The van der Waals surface area contributed by atoms with E-state index in [9.17, 15) is 13.2 Å². The molecule has 0 aliphatic carbocycles. The van der Waals surface area contributed by atoms with Crippen molar-refractivity contribution in [2.45, 2.75) is 25.1 Å². The minimum atomic E-state index is -3.05. The van der Waals surface area contributed by atoms with Crippen LogP contribution in [0.2, 0.25) is 0 Å². The molecule has 112 valence electrons. The molecule has 6 nitrogen and oxygen atoms in total. The lowest BCUT2D eigenvalue weighted by Crippen LogP contribution is -2.58. The summed E-state index contributed by atoms with van der Waals surface area (Å²) >= 11 is 0.